The summed E-state index contributed by atoms with van der Waals surface area (Å²) in [5.74, 6) is 0. The fourth-order valence-electron chi connectivity index (χ4n) is 1.44. The van der Waals surface area contributed by atoms with Crippen LogP contribution < -0.4 is 10.4 Å². The Labute approximate surface area is 128 Å². The average molecular weight is 446 g/mol. The molecule has 0 aliphatic carbocycles. The number of aromatic nitrogens is 3. The number of ether oxygens (including phenoxy) is 1. The number of nitrogens with zero attached hydrogens (tertiary/aromatic N) is 3. The lowest BCUT2D eigenvalue weighted by Crippen LogP contribution is -2.22. The number of rotatable bonds is 3. The molecule has 5 nitrogen and oxygen atoms in total. The first-order valence-corrected chi connectivity index (χ1v) is 6.83. The van der Waals surface area contributed by atoms with Crippen molar-refractivity contribution in [3.63, 3.8) is 0 Å². The van der Waals surface area contributed by atoms with Crippen LogP contribution in [0.25, 0.3) is 5.69 Å². The molecule has 9 heteroatoms. The van der Waals surface area contributed by atoms with E-state index in [4.69, 9.17) is 0 Å². The number of hydrogen-bond donors (Lipinski definition) is 0. The highest BCUT2D eigenvalue weighted by Gasteiger charge is 2.18. The van der Waals surface area contributed by atoms with Crippen molar-refractivity contribution in [3.05, 3.63) is 36.7 Å². The molecule has 0 aliphatic heterocycles. The van der Waals surface area contributed by atoms with Crippen LogP contribution in [-0.2, 0) is 7.05 Å². The smallest absolute Gasteiger partial charge is 0.389 e. The highest BCUT2D eigenvalue weighted by molar-refractivity contribution is 14.1. The second kappa shape index (κ2) is 5.57. The molecule has 1 heterocycles. The summed E-state index contributed by atoms with van der Waals surface area (Å²) in [6.45, 7) is -3.05. The summed E-state index contributed by atoms with van der Waals surface area (Å²) in [6.07, 6.45) is 0. The predicted octanol–water partition coefficient (Wildman–Crippen LogP) is 2.54. The topological polar surface area (TPSA) is 49.0 Å². The summed E-state index contributed by atoms with van der Waals surface area (Å²) in [4.78, 5) is 11.9. The molecule has 0 N–H and O–H groups in total. The van der Waals surface area contributed by atoms with Crippen molar-refractivity contribution in [2.24, 2.45) is 7.05 Å². The van der Waals surface area contributed by atoms with E-state index in [1.807, 2.05) is 0 Å². The monoisotopic (exact) mass is 445 g/mol. The van der Waals surface area contributed by atoms with Crippen LogP contribution in [0.3, 0.4) is 0 Å². The van der Waals surface area contributed by atoms with Gasteiger partial charge in [0.15, 0.2) is 0 Å². The van der Waals surface area contributed by atoms with E-state index in [2.05, 4.69) is 48.4 Å². The number of halogens is 4. The summed E-state index contributed by atoms with van der Waals surface area (Å²) >= 11 is 5.41. The Hall–Kier alpha value is -0.970. The molecule has 19 heavy (non-hydrogen) atoms. The van der Waals surface area contributed by atoms with Gasteiger partial charge in [-0.25, -0.2) is 14.0 Å². The molecule has 0 radical (unpaired) electrons. The van der Waals surface area contributed by atoms with Gasteiger partial charge in [0.25, 0.3) is 0 Å². The third-order valence-electron chi connectivity index (χ3n) is 2.25. The molecule has 2 rings (SSSR count). The minimum Gasteiger partial charge on any atom is -0.401 e. The van der Waals surface area contributed by atoms with Crippen LogP contribution in [0.4, 0.5) is 8.78 Å². The van der Waals surface area contributed by atoms with Crippen molar-refractivity contribution < 1.29 is 13.5 Å². The molecule has 0 fully saturated rings. The maximum Gasteiger partial charge on any atom is 0.389 e. The molecule has 1 aromatic heterocycles. The standard InChI is InChI=1S/C10H7BrF2IN3O2/c1-16-10(18)17(9(15-16)19-8(12)13)5-2-3-7(14)6(11)4-5/h2-4,8H,1H3. The lowest BCUT2D eigenvalue weighted by molar-refractivity contribution is -0.0575. The highest BCUT2D eigenvalue weighted by atomic mass is 127. The molecule has 0 bridgehead atoms. The lowest BCUT2D eigenvalue weighted by atomic mass is 10.3. The summed E-state index contributed by atoms with van der Waals surface area (Å²) in [5.41, 5.74) is -0.176. The van der Waals surface area contributed by atoms with E-state index in [1.54, 1.807) is 18.2 Å². The van der Waals surface area contributed by atoms with E-state index in [0.717, 1.165) is 17.3 Å². The molecule has 0 atom stereocenters. The summed E-state index contributed by atoms with van der Waals surface area (Å²) in [5, 5.41) is 3.63. The molecule has 1 aromatic carbocycles. The number of aryl methyl sites for hydroxylation is 1. The third-order valence-corrected chi connectivity index (χ3v) is 4.59. The zero-order valence-electron chi connectivity index (χ0n) is 9.48. The van der Waals surface area contributed by atoms with Gasteiger partial charge in [-0.1, -0.05) is 0 Å². The van der Waals surface area contributed by atoms with Gasteiger partial charge in [0.2, 0.25) is 0 Å². The maximum atomic E-state index is 12.3. The molecular weight excluding hydrogens is 439 g/mol. The Morgan fingerprint density at radius 1 is 1.47 bits per heavy atom. The van der Waals surface area contributed by atoms with Crippen molar-refractivity contribution in [1.29, 1.82) is 0 Å². The maximum absolute atomic E-state index is 12.3. The van der Waals surface area contributed by atoms with Gasteiger partial charge in [0.05, 0.1) is 5.69 Å². The van der Waals surface area contributed by atoms with Gasteiger partial charge >= 0.3 is 18.3 Å². The molecule has 0 aliphatic rings. The van der Waals surface area contributed by atoms with E-state index in [-0.39, 0.29) is 0 Å². The Morgan fingerprint density at radius 3 is 2.74 bits per heavy atom. The van der Waals surface area contributed by atoms with Crippen molar-refractivity contribution in [2.75, 3.05) is 0 Å². The van der Waals surface area contributed by atoms with Crippen LogP contribution in [0, 0.1) is 3.57 Å². The molecular formula is C10H7BrF2IN3O2. The zero-order valence-corrected chi connectivity index (χ0v) is 13.2. The largest absolute Gasteiger partial charge is 0.401 e. The fraction of sp³-hybridized carbons (Fsp3) is 0.200. The second-order valence-corrected chi connectivity index (χ2v) is 5.52. The summed E-state index contributed by atoms with van der Waals surface area (Å²) in [7, 11) is 1.36. The van der Waals surface area contributed by atoms with E-state index in [9.17, 15) is 13.6 Å². The van der Waals surface area contributed by atoms with Gasteiger partial charge in [0.1, 0.15) is 0 Å². The lowest BCUT2D eigenvalue weighted by Gasteiger charge is -2.07. The van der Waals surface area contributed by atoms with Crippen LogP contribution in [0.15, 0.2) is 27.5 Å². The van der Waals surface area contributed by atoms with E-state index in [1.165, 1.54) is 7.05 Å². The molecule has 0 amide bonds. The zero-order chi connectivity index (χ0) is 14.2. The van der Waals surface area contributed by atoms with Gasteiger partial charge < -0.3 is 4.74 Å². The quantitative estimate of drug-likeness (QED) is 0.682. The third kappa shape index (κ3) is 2.96. The number of benzene rings is 1. The van der Waals surface area contributed by atoms with E-state index < -0.39 is 18.3 Å². The van der Waals surface area contributed by atoms with Crippen molar-refractivity contribution in [2.45, 2.75) is 6.61 Å². The van der Waals surface area contributed by atoms with Gasteiger partial charge in [-0.3, -0.25) is 0 Å². The number of alkyl halides is 2. The van der Waals surface area contributed by atoms with Crippen molar-refractivity contribution in [1.82, 2.24) is 14.3 Å². The van der Waals surface area contributed by atoms with Crippen LogP contribution in [0.2, 0.25) is 0 Å². The van der Waals surface area contributed by atoms with Crippen LogP contribution in [-0.4, -0.2) is 21.0 Å². The van der Waals surface area contributed by atoms with Crippen molar-refractivity contribution >= 4 is 38.5 Å². The second-order valence-electron chi connectivity index (χ2n) is 3.50. The molecule has 0 saturated carbocycles. The van der Waals surface area contributed by atoms with Gasteiger partial charge in [0, 0.05) is 15.1 Å². The van der Waals surface area contributed by atoms with Crippen LogP contribution in [0.5, 0.6) is 6.01 Å². The summed E-state index contributed by atoms with van der Waals surface area (Å²) in [6, 6.07) is 4.54. The first kappa shape index (κ1) is 14.4. The Bertz CT molecular complexity index is 671. The predicted molar refractivity (Wildman–Crippen MR) is 75.9 cm³/mol. The Balaban J connectivity index is 2.60. The SMILES string of the molecule is Cn1nc(OC(F)F)n(-c2ccc(I)c(Br)c2)c1=O. The molecule has 0 spiro atoms. The van der Waals surface area contributed by atoms with Crippen LogP contribution >= 0.6 is 38.5 Å². The normalized spacial score (nSPS) is 11.1. The van der Waals surface area contributed by atoms with Crippen molar-refractivity contribution in [3.8, 4) is 11.7 Å². The van der Waals surface area contributed by atoms with E-state index >= 15 is 0 Å². The first-order chi connectivity index (χ1) is 8.90. The molecule has 102 valence electrons. The van der Waals surface area contributed by atoms with E-state index in [0.29, 0.717) is 5.69 Å². The van der Waals surface area contributed by atoms with Gasteiger partial charge in [-0.05, 0) is 56.7 Å². The summed E-state index contributed by atoms with van der Waals surface area (Å²) < 4.78 is 32.4. The average Bonchev–Trinajstić information content (AvgIpc) is 2.58. The molecule has 0 unspecified atom stereocenters. The van der Waals surface area contributed by atoms with Gasteiger partial charge in [-0.2, -0.15) is 8.78 Å². The van der Waals surface area contributed by atoms with Crippen LogP contribution in [0.1, 0.15) is 0 Å². The minimum absolute atomic E-state index is 0.390. The first-order valence-electron chi connectivity index (χ1n) is 4.96. The molecule has 2 aromatic rings. The highest BCUT2D eigenvalue weighted by Crippen LogP contribution is 2.23. The minimum atomic E-state index is -3.05. The Morgan fingerprint density at radius 2 is 2.16 bits per heavy atom. The number of hydrogen-bond acceptors (Lipinski definition) is 3. The van der Waals surface area contributed by atoms with Gasteiger partial charge in [-0.15, -0.1) is 5.10 Å². The fourth-order valence-corrected chi connectivity index (χ4v) is 2.15. The Kier molecular flexibility index (Phi) is 4.23. The molecule has 0 saturated heterocycles.